The maximum absolute atomic E-state index is 12.8. The molecule has 0 saturated carbocycles. The summed E-state index contributed by atoms with van der Waals surface area (Å²) in [6.45, 7) is 8.34. The number of carbonyl (C=O) groups excluding carboxylic acids is 1. The summed E-state index contributed by atoms with van der Waals surface area (Å²) < 4.78 is 5.95. The van der Waals surface area contributed by atoms with Crippen molar-refractivity contribution >= 4 is 23.5 Å². The Morgan fingerprint density at radius 2 is 1.82 bits per heavy atom. The first-order valence-corrected chi connectivity index (χ1v) is 10.2. The molecule has 2 aromatic rings. The van der Waals surface area contributed by atoms with Crippen LogP contribution in [0.15, 0.2) is 42.2 Å². The second kappa shape index (κ2) is 7.95. The second-order valence-corrected chi connectivity index (χ2v) is 7.84. The molecule has 6 heteroatoms. The van der Waals surface area contributed by atoms with Crippen LogP contribution in [0.1, 0.15) is 28.4 Å². The van der Waals surface area contributed by atoms with Crippen LogP contribution in [0, 0.1) is 0 Å². The standard InChI is InChI=1S/C22H23ClN2O3/c1-2-24-9-11-25(12-10-24)14-17-19(26)8-7-16-21(27)20(28-22(16)17)13-15-5-3-4-6-18(15)23/h3-8,13,26H,2,9-12,14H2,1H3/p+2. The number of ether oxygens (including phenoxy) is 1. The highest BCUT2D eigenvalue weighted by molar-refractivity contribution is 6.32. The number of likely N-dealkylation sites (N-methyl/N-ethyl adjacent to an activating group) is 1. The topological polar surface area (TPSA) is 55.4 Å². The zero-order valence-corrected chi connectivity index (χ0v) is 16.7. The van der Waals surface area contributed by atoms with Crippen molar-refractivity contribution in [3.63, 3.8) is 0 Å². The molecule has 0 atom stereocenters. The number of halogens is 1. The molecular formula is C22H25ClN2O3+2. The van der Waals surface area contributed by atoms with Gasteiger partial charge in [0.2, 0.25) is 5.78 Å². The van der Waals surface area contributed by atoms with Crippen LogP contribution < -0.4 is 14.5 Å². The zero-order valence-electron chi connectivity index (χ0n) is 15.9. The third-order valence-corrected chi connectivity index (χ3v) is 6.04. The molecule has 28 heavy (non-hydrogen) atoms. The number of piperazine rings is 1. The van der Waals surface area contributed by atoms with Crippen molar-refractivity contribution in [1.82, 2.24) is 0 Å². The number of quaternary nitrogens is 2. The van der Waals surface area contributed by atoms with Gasteiger partial charge < -0.3 is 19.6 Å². The quantitative estimate of drug-likeness (QED) is 0.670. The summed E-state index contributed by atoms with van der Waals surface area (Å²) in [6, 6.07) is 10.6. The van der Waals surface area contributed by atoms with Crippen molar-refractivity contribution < 1.29 is 24.4 Å². The molecule has 0 radical (unpaired) electrons. The molecular weight excluding hydrogens is 376 g/mol. The van der Waals surface area contributed by atoms with Gasteiger partial charge in [0.15, 0.2) is 11.5 Å². The van der Waals surface area contributed by atoms with E-state index in [4.69, 9.17) is 16.3 Å². The predicted molar refractivity (Wildman–Crippen MR) is 108 cm³/mol. The molecule has 2 aromatic carbocycles. The van der Waals surface area contributed by atoms with Gasteiger partial charge in [0.1, 0.15) is 38.5 Å². The highest BCUT2D eigenvalue weighted by Crippen LogP contribution is 2.39. The molecule has 0 aromatic heterocycles. The Morgan fingerprint density at radius 3 is 2.54 bits per heavy atom. The summed E-state index contributed by atoms with van der Waals surface area (Å²) in [7, 11) is 0. The molecule has 1 fully saturated rings. The number of ketones is 1. The van der Waals surface area contributed by atoms with E-state index in [0.29, 0.717) is 28.4 Å². The first kappa shape index (κ1) is 19.0. The van der Waals surface area contributed by atoms with E-state index in [1.165, 1.54) is 4.90 Å². The summed E-state index contributed by atoms with van der Waals surface area (Å²) >= 11 is 6.21. The summed E-state index contributed by atoms with van der Waals surface area (Å²) in [5.74, 6) is 0.737. The van der Waals surface area contributed by atoms with Gasteiger partial charge in [-0.2, -0.15) is 0 Å². The minimum Gasteiger partial charge on any atom is -0.507 e. The monoisotopic (exact) mass is 400 g/mol. The van der Waals surface area contributed by atoms with E-state index in [0.717, 1.165) is 38.3 Å². The average Bonchev–Trinajstić information content (AvgIpc) is 3.02. The van der Waals surface area contributed by atoms with Crippen LogP contribution in [0.25, 0.3) is 6.08 Å². The number of fused-ring (bicyclic) bond motifs is 1. The van der Waals surface area contributed by atoms with Gasteiger partial charge in [0, 0.05) is 5.02 Å². The van der Waals surface area contributed by atoms with E-state index in [1.807, 2.05) is 18.2 Å². The molecule has 146 valence electrons. The number of aromatic hydroxyl groups is 1. The number of hydrogen-bond acceptors (Lipinski definition) is 3. The normalized spacial score (nSPS) is 22.9. The van der Waals surface area contributed by atoms with Gasteiger partial charge in [-0.05, 0) is 36.8 Å². The number of phenolic OH excluding ortho intramolecular Hbond substituents is 1. The lowest BCUT2D eigenvalue weighted by atomic mass is 10.0. The van der Waals surface area contributed by atoms with Gasteiger partial charge in [0.25, 0.3) is 0 Å². The lowest BCUT2D eigenvalue weighted by Crippen LogP contribution is -3.27. The number of Topliss-reactive ketones (excluding diaryl/α,β-unsaturated/α-hetero) is 1. The maximum atomic E-state index is 12.8. The number of nitrogens with one attached hydrogen (secondary N) is 2. The molecule has 0 spiro atoms. The average molecular weight is 401 g/mol. The molecule has 0 bridgehead atoms. The van der Waals surface area contributed by atoms with Crippen molar-refractivity contribution in [2.45, 2.75) is 13.5 Å². The fourth-order valence-electron chi connectivity index (χ4n) is 3.94. The van der Waals surface area contributed by atoms with Gasteiger partial charge in [-0.15, -0.1) is 0 Å². The number of benzene rings is 2. The molecule has 0 unspecified atom stereocenters. The molecule has 2 heterocycles. The van der Waals surface area contributed by atoms with E-state index in [1.54, 1.807) is 29.2 Å². The van der Waals surface area contributed by atoms with Gasteiger partial charge in [0.05, 0.1) is 17.7 Å². The second-order valence-electron chi connectivity index (χ2n) is 7.43. The van der Waals surface area contributed by atoms with Gasteiger partial charge >= 0.3 is 0 Å². The fraction of sp³-hybridized carbons (Fsp3) is 0.318. The summed E-state index contributed by atoms with van der Waals surface area (Å²) in [5, 5.41) is 11.0. The molecule has 2 aliphatic heterocycles. The number of rotatable bonds is 4. The van der Waals surface area contributed by atoms with Gasteiger partial charge in [-0.25, -0.2) is 0 Å². The van der Waals surface area contributed by atoms with Crippen LogP contribution in [0.2, 0.25) is 5.02 Å². The smallest absolute Gasteiger partial charge is 0.231 e. The van der Waals surface area contributed by atoms with E-state index >= 15 is 0 Å². The van der Waals surface area contributed by atoms with Crippen molar-refractivity contribution in [3.05, 3.63) is 63.9 Å². The molecule has 1 saturated heterocycles. The summed E-state index contributed by atoms with van der Waals surface area (Å²) in [5.41, 5.74) is 1.95. The van der Waals surface area contributed by atoms with Crippen LogP contribution in [-0.2, 0) is 6.54 Å². The third-order valence-electron chi connectivity index (χ3n) is 5.70. The van der Waals surface area contributed by atoms with Crippen molar-refractivity contribution in [3.8, 4) is 11.5 Å². The van der Waals surface area contributed by atoms with E-state index in [2.05, 4.69) is 6.92 Å². The Labute approximate surface area is 169 Å². The van der Waals surface area contributed by atoms with E-state index in [9.17, 15) is 9.90 Å². The van der Waals surface area contributed by atoms with Crippen molar-refractivity contribution in [2.75, 3.05) is 32.7 Å². The lowest BCUT2D eigenvalue weighted by Gasteiger charge is -2.29. The Hall–Kier alpha value is -2.34. The Kier molecular flexibility index (Phi) is 5.40. The molecule has 0 aliphatic carbocycles. The molecule has 2 aliphatic rings. The minimum atomic E-state index is -0.175. The Bertz CT molecular complexity index is 933. The lowest BCUT2D eigenvalue weighted by molar-refractivity contribution is -1.02. The highest BCUT2D eigenvalue weighted by atomic mass is 35.5. The number of phenols is 1. The number of allylic oxidation sites excluding steroid dienone is 1. The van der Waals surface area contributed by atoms with Crippen LogP contribution in [0.3, 0.4) is 0 Å². The predicted octanol–water partition coefficient (Wildman–Crippen LogP) is 0.965. The van der Waals surface area contributed by atoms with Crippen LogP contribution in [-0.4, -0.2) is 43.6 Å². The first-order chi connectivity index (χ1) is 13.6. The molecule has 0 amide bonds. The van der Waals surface area contributed by atoms with Crippen LogP contribution >= 0.6 is 11.6 Å². The van der Waals surface area contributed by atoms with E-state index in [-0.39, 0.29) is 17.3 Å². The SMILES string of the molecule is CC[NH+]1CC[NH+](Cc2c(O)ccc3c2OC(=Cc2ccccc2Cl)C3=O)CC1. The van der Waals surface area contributed by atoms with Gasteiger partial charge in [-0.3, -0.25) is 4.79 Å². The van der Waals surface area contributed by atoms with Gasteiger partial charge in [-0.1, -0.05) is 29.8 Å². The highest BCUT2D eigenvalue weighted by Gasteiger charge is 2.33. The summed E-state index contributed by atoms with van der Waals surface area (Å²) in [4.78, 5) is 15.8. The largest absolute Gasteiger partial charge is 0.507 e. The number of carbonyl (C=O) groups is 1. The van der Waals surface area contributed by atoms with Crippen LogP contribution in [0.4, 0.5) is 0 Å². The molecule has 3 N–H and O–H groups in total. The maximum Gasteiger partial charge on any atom is 0.231 e. The minimum absolute atomic E-state index is 0.175. The molecule has 5 nitrogen and oxygen atoms in total. The van der Waals surface area contributed by atoms with Crippen LogP contribution in [0.5, 0.6) is 11.5 Å². The number of hydrogen-bond donors (Lipinski definition) is 3. The summed E-state index contributed by atoms with van der Waals surface area (Å²) in [6.07, 6.45) is 1.67. The first-order valence-electron chi connectivity index (χ1n) is 9.77. The zero-order chi connectivity index (χ0) is 19.7. The van der Waals surface area contributed by atoms with Crippen molar-refractivity contribution in [1.29, 1.82) is 0 Å². The van der Waals surface area contributed by atoms with E-state index < -0.39 is 0 Å². The Balaban J connectivity index is 1.60. The fourth-order valence-corrected chi connectivity index (χ4v) is 4.13. The van der Waals surface area contributed by atoms with Crippen molar-refractivity contribution in [2.24, 2.45) is 0 Å². The molecule has 4 rings (SSSR count). The third kappa shape index (κ3) is 3.65. The Morgan fingerprint density at radius 1 is 1.11 bits per heavy atom.